The molecule has 0 saturated carbocycles. The van der Waals surface area contributed by atoms with E-state index in [9.17, 15) is 8.42 Å². The summed E-state index contributed by atoms with van der Waals surface area (Å²) in [5, 5.41) is 0. The van der Waals surface area contributed by atoms with E-state index in [0.717, 1.165) is 13.0 Å². The molecule has 2 N–H and O–H groups in total. The highest BCUT2D eigenvalue weighted by Gasteiger charge is 2.25. The second kappa shape index (κ2) is 10.6. The Bertz CT molecular complexity index is 767. The highest BCUT2D eigenvalue weighted by atomic mass is 32.2. The van der Waals surface area contributed by atoms with Gasteiger partial charge in [0, 0.05) is 6.07 Å². The molecule has 0 bridgehead atoms. The van der Waals surface area contributed by atoms with Crippen molar-refractivity contribution in [1.29, 1.82) is 0 Å². The summed E-state index contributed by atoms with van der Waals surface area (Å²) in [5.74, 6) is 1.42. The first-order valence-electron chi connectivity index (χ1n) is 9.40. The average Bonchev–Trinajstić information content (AvgIpc) is 3.17. The van der Waals surface area contributed by atoms with E-state index in [-0.39, 0.29) is 11.5 Å². The lowest BCUT2D eigenvalue weighted by molar-refractivity contribution is -0.448. The molecule has 9 nitrogen and oxygen atoms in total. The molecule has 0 spiro atoms. The highest BCUT2D eigenvalue weighted by molar-refractivity contribution is 7.90. The van der Waals surface area contributed by atoms with Gasteiger partial charge in [-0.3, -0.25) is 4.99 Å². The van der Waals surface area contributed by atoms with Gasteiger partial charge in [-0.15, -0.1) is 0 Å². The monoisotopic (exact) mass is 415 g/mol. The van der Waals surface area contributed by atoms with Gasteiger partial charge in [0.05, 0.1) is 52.6 Å². The minimum absolute atomic E-state index is 0.111. The Morgan fingerprint density at radius 3 is 2.04 bits per heavy atom. The zero-order chi connectivity index (χ0) is 19.7. The van der Waals surface area contributed by atoms with Gasteiger partial charge in [-0.25, -0.2) is 0 Å². The first kappa shape index (κ1) is 20.8. The molecule has 0 amide bonds. The average molecular weight is 415 g/mol. The Balaban J connectivity index is 1.72. The van der Waals surface area contributed by atoms with Crippen molar-refractivity contribution < 1.29 is 37.1 Å². The second-order valence-corrected chi connectivity index (χ2v) is 7.94. The Kier molecular flexibility index (Phi) is 7.90. The molecule has 0 aliphatic carbocycles. The third-order valence-corrected chi connectivity index (χ3v) is 5.53. The van der Waals surface area contributed by atoms with Crippen LogP contribution in [0.2, 0.25) is 0 Å². The molecule has 0 aromatic heterocycles. The SMILES string of the molecule is O=S(=O)(NC1=[NH+]CCC1)c1ccc2c(c1)OCCOCCOCCOCCO2. The minimum Gasteiger partial charge on any atom is -0.487 e. The van der Waals surface area contributed by atoms with Crippen LogP contribution in [0.5, 0.6) is 11.5 Å². The van der Waals surface area contributed by atoms with E-state index in [2.05, 4.69) is 9.71 Å². The molecule has 1 aromatic rings. The van der Waals surface area contributed by atoms with Crippen LogP contribution in [0.15, 0.2) is 23.1 Å². The summed E-state index contributed by atoms with van der Waals surface area (Å²) >= 11 is 0. The number of rotatable bonds is 2. The smallest absolute Gasteiger partial charge is 0.328 e. The first-order chi connectivity index (χ1) is 13.6. The van der Waals surface area contributed by atoms with Crippen LogP contribution in [0.4, 0.5) is 0 Å². The Morgan fingerprint density at radius 2 is 1.43 bits per heavy atom. The van der Waals surface area contributed by atoms with Crippen LogP contribution >= 0.6 is 0 Å². The maximum absolute atomic E-state index is 12.6. The Hall–Kier alpha value is -1.88. The summed E-state index contributed by atoms with van der Waals surface area (Å²) in [6.45, 7) is 4.02. The van der Waals surface area contributed by atoms with E-state index in [4.69, 9.17) is 23.7 Å². The summed E-state index contributed by atoms with van der Waals surface area (Å²) in [5.41, 5.74) is 0. The van der Waals surface area contributed by atoms with Crippen LogP contribution in [-0.4, -0.2) is 73.7 Å². The molecule has 3 rings (SSSR count). The van der Waals surface area contributed by atoms with Crippen molar-refractivity contribution >= 4 is 15.9 Å². The van der Waals surface area contributed by atoms with Crippen molar-refractivity contribution in [2.45, 2.75) is 17.7 Å². The van der Waals surface area contributed by atoms with Crippen LogP contribution in [0.3, 0.4) is 0 Å². The lowest BCUT2D eigenvalue weighted by Crippen LogP contribution is -2.72. The van der Waals surface area contributed by atoms with Crippen LogP contribution < -0.4 is 19.2 Å². The fourth-order valence-corrected chi connectivity index (χ4v) is 3.88. The highest BCUT2D eigenvalue weighted by Crippen LogP contribution is 2.30. The van der Waals surface area contributed by atoms with Crippen LogP contribution in [0, 0.1) is 0 Å². The minimum atomic E-state index is -3.70. The molecule has 0 atom stereocenters. The topological polar surface area (TPSA) is 106 Å². The summed E-state index contributed by atoms with van der Waals surface area (Å²) < 4.78 is 55.5. The predicted octanol–water partition coefficient (Wildman–Crippen LogP) is -0.941. The van der Waals surface area contributed by atoms with E-state index in [1.54, 1.807) is 6.07 Å². The third kappa shape index (κ3) is 6.33. The van der Waals surface area contributed by atoms with Crippen molar-refractivity contribution in [3.63, 3.8) is 0 Å². The molecule has 1 aromatic carbocycles. The molecule has 0 radical (unpaired) electrons. The normalized spacial score (nSPS) is 19.9. The Labute approximate surface area is 165 Å². The number of amidine groups is 1. The van der Waals surface area contributed by atoms with Gasteiger partial charge in [-0.2, -0.15) is 13.1 Å². The fourth-order valence-electron chi connectivity index (χ4n) is 2.75. The van der Waals surface area contributed by atoms with E-state index < -0.39 is 10.0 Å². The molecule has 10 heteroatoms. The lowest BCUT2D eigenvalue weighted by Gasteiger charge is -2.14. The number of fused-ring (bicyclic) bond motifs is 1. The maximum Gasteiger partial charge on any atom is 0.328 e. The molecule has 2 heterocycles. The van der Waals surface area contributed by atoms with Gasteiger partial charge in [-0.05, 0) is 18.6 Å². The van der Waals surface area contributed by atoms with E-state index in [1.807, 2.05) is 0 Å². The number of nitrogens with one attached hydrogen (secondary N) is 2. The molecular formula is C18H27N2O7S+. The molecular weight excluding hydrogens is 388 g/mol. The summed E-state index contributed by atoms with van der Waals surface area (Å²) in [4.78, 5) is 3.15. The molecule has 156 valence electrons. The van der Waals surface area contributed by atoms with Crippen LogP contribution in [-0.2, 0) is 24.2 Å². The lowest BCUT2D eigenvalue weighted by atomic mass is 10.3. The van der Waals surface area contributed by atoms with E-state index >= 15 is 0 Å². The maximum atomic E-state index is 12.6. The number of hydrogen-bond donors (Lipinski definition) is 2. The molecule has 0 fully saturated rings. The zero-order valence-corrected chi connectivity index (χ0v) is 16.6. The summed E-state index contributed by atoms with van der Waals surface area (Å²) in [6, 6.07) is 4.56. The van der Waals surface area contributed by atoms with Gasteiger partial charge in [-0.1, -0.05) is 0 Å². The van der Waals surface area contributed by atoms with Gasteiger partial charge in [0.25, 0.3) is 5.84 Å². The number of sulfonamides is 1. The third-order valence-electron chi connectivity index (χ3n) is 4.14. The second-order valence-electron chi connectivity index (χ2n) is 6.26. The van der Waals surface area contributed by atoms with Gasteiger partial charge >= 0.3 is 10.0 Å². The van der Waals surface area contributed by atoms with E-state index in [0.29, 0.717) is 70.0 Å². The van der Waals surface area contributed by atoms with Crippen molar-refractivity contribution in [3.05, 3.63) is 18.2 Å². The zero-order valence-electron chi connectivity index (χ0n) is 15.8. The van der Waals surface area contributed by atoms with Crippen LogP contribution in [0.1, 0.15) is 12.8 Å². The number of benzene rings is 1. The summed E-state index contributed by atoms with van der Waals surface area (Å²) in [6.07, 6.45) is 1.59. The molecule has 2 aliphatic heterocycles. The van der Waals surface area contributed by atoms with Gasteiger partial charge in [0.15, 0.2) is 11.5 Å². The van der Waals surface area contributed by atoms with Crippen molar-refractivity contribution in [1.82, 2.24) is 4.72 Å². The van der Waals surface area contributed by atoms with Gasteiger partial charge in [0.1, 0.15) is 18.1 Å². The van der Waals surface area contributed by atoms with Crippen LogP contribution in [0.25, 0.3) is 0 Å². The van der Waals surface area contributed by atoms with Crippen molar-refractivity contribution in [2.24, 2.45) is 0 Å². The molecule has 28 heavy (non-hydrogen) atoms. The molecule has 0 unspecified atom stereocenters. The van der Waals surface area contributed by atoms with E-state index in [1.165, 1.54) is 12.1 Å². The largest absolute Gasteiger partial charge is 0.487 e. The van der Waals surface area contributed by atoms with Gasteiger partial charge < -0.3 is 23.7 Å². The number of hydrogen-bond acceptors (Lipinski definition) is 7. The van der Waals surface area contributed by atoms with Gasteiger partial charge in [0.2, 0.25) is 0 Å². The standard InChI is InChI=1S/C18H26N2O7S/c21-28(22,20-18-2-1-5-19-18)15-3-4-16-17(14-15)27-13-11-25-9-7-23-6-8-24-10-12-26-16/h3-4,14H,1-2,5-13H2,(H,19,20)/p+1. The quantitative estimate of drug-likeness (QED) is 0.642. The molecule has 2 aliphatic rings. The predicted molar refractivity (Wildman–Crippen MR) is 100 cm³/mol. The fraction of sp³-hybridized carbons (Fsp3) is 0.611. The molecule has 0 saturated heterocycles. The van der Waals surface area contributed by atoms with Crippen molar-refractivity contribution in [2.75, 3.05) is 59.4 Å². The first-order valence-corrected chi connectivity index (χ1v) is 10.9. The summed E-state index contributed by atoms with van der Waals surface area (Å²) in [7, 11) is -3.70. The Morgan fingerprint density at radius 1 is 0.821 bits per heavy atom. The number of ether oxygens (including phenoxy) is 5. The van der Waals surface area contributed by atoms with Crippen molar-refractivity contribution in [3.8, 4) is 11.5 Å².